The fourth-order valence-corrected chi connectivity index (χ4v) is 3.76. The van der Waals surface area contributed by atoms with Crippen LogP contribution >= 0.6 is 0 Å². The third kappa shape index (κ3) is 2.84. The number of hydrogen-bond acceptors (Lipinski definition) is 4. The van der Waals surface area contributed by atoms with E-state index < -0.39 is 0 Å². The van der Waals surface area contributed by atoms with Gasteiger partial charge in [0, 0.05) is 6.54 Å². The normalized spacial score (nSPS) is 32.3. The van der Waals surface area contributed by atoms with Crippen molar-refractivity contribution in [2.45, 2.75) is 51.2 Å². The average molecular weight is 306 g/mol. The van der Waals surface area contributed by atoms with E-state index in [-0.39, 0.29) is 35.9 Å². The number of fused-ring (bicyclic) bond motifs is 5. The monoisotopic (exact) mass is 306 g/mol. The Bertz CT molecular complexity index is 433. The molecule has 1 N–H and O–H groups in total. The molecule has 22 heavy (non-hydrogen) atoms. The lowest BCUT2D eigenvalue weighted by molar-refractivity contribution is -0.142. The van der Waals surface area contributed by atoms with Crippen molar-refractivity contribution in [2.75, 3.05) is 19.6 Å². The van der Waals surface area contributed by atoms with Gasteiger partial charge < -0.3 is 10.1 Å². The smallest absolute Gasteiger partial charge is 0.236 e. The molecule has 0 aliphatic carbocycles. The highest BCUT2D eigenvalue weighted by atomic mass is 16.5. The van der Waals surface area contributed by atoms with Crippen molar-refractivity contribution in [3.05, 3.63) is 12.2 Å². The Labute approximate surface area is 132 Å². The molecular weight excluding hydrogens is 280 g/mol. The van der Waals surface area contributed by atoms with E-state index in [0.29, 0.717) is 6.54 Å². The molecule has 122 valence electrons. The number of likely N-dealkylation sites (tertiary alicyclic amines) is 1. The van der Waals surface area contributed by atoms with Gasteiger partial charge in [-0.1, -0.05) is 31.9 Å². The van der Waals surface area contributed by atoms with Crippen molar-refractivity contribution in [1.82, 2.24) is 10.2 Å². The van der Waals surface area contributed by atoms with Crippen LogP contribution in [0.25, 0.3) is 0 Å². The van der Waals surface area contributed by atoms with Gasteiger partial charge in [0.05, 0.1) is 24.0 Å². The Hall–Kier alpha value is -1.20. The molecule has 5 nitrogen and oxygen atoms in total. The van der Waals surface area contributed by atoms with E-state index in [9.17, 15) is 9.59 Å². The Balaban J connectivity index is 1.37. The molecule has 2 amide bonds. The summed E-state index contributed by atoms with van der Waals surface area (Å²) in [7, 11) is 0. The van der Waals surface area contributed by atoms with Crippen LogP contribution in [0.3, 0.4) is 0 Å². The predicted octanol–water partition coefficient (Wildman–Crippen LogP) is 1.48. The minimum absolute atomic E-state index is 0.0172. The fraction of sp³-hybridized carbons (Fsp3) is 0.765. The first kappa shape index (κ1) is 15.7. The molecule has 2 fully saturated rings. The van der Waals surface area contributed by atoms with Crippen LogP contribution < -0.4 is 5.32 Å². The molecule has 2 saturated heterocycles. The summed E-state index contributed by atoms with van der Waals surface area (Å²) in [6.07, 6.45) is 9.00. The summed E-state index contributed by atoms with van der Waals surface area (Å²) >= 11 is 0. The van der Waals surface area contributed by atoms with Gasteiger partial charge in [0.15, 0.2) is 0 Å². The summed E-state index contributed by atoms with van der Waals surface area (Å²) in [5, 5.41) is 3.39. The molecule has 2 bridgehead atoms. The first-order chi connectivity index (χ1) is 10.7. The number of unbranched alkanes of at least 4 members (excludes halogenated alkanes) is 3. The van der Waals surface area contributed by atoms with Crippen molar-refractivity contribution in [2.24, 2.45) is 11.8 Å². The number of nitrogens with zero attached hydrogens (tertiary/aromatic N) is 1. The molecule has 3 aliphatic rings. The van der Waals surface area contributed by atoms with E-state index in [1.807, 2.05) is 12.2 Å². The van der Waals surface area contributed by atoms with E-state index in [1.54, 1.807) is 0 Å². The third-order valence-electron chi connectivity index (χ3n) is 4.91. The lowest BCUT2D eigenvalue weighted by Gasteiger charge is -2.17. The molecule has 0 aromatic carbocycles. The Morgan fingerprint density at radius 2 is 1.64 bits per heavy atom. The summed E-state index contributed by atoms with van der Waals surface area (Å²) < 4.78 is 5.63. The Morgan fingerprint density at radius 3 is 2.27 bits per heavy atom. The average Bonchev–Trinajstić information content (AvgIpc) is 3.18. The van der Waals surface area contributed by atoms with E-state index >= 15 is 0 Å². The molecule has 5 heteroatoms. The Kier molecular flexibility index (Phi) is 4.93. The van der Waals surface area contributed by atoms with Gasteiger partial charge in [-0.15, -0.1) is 0 Å². The summed E-state index contributed by atoms with van der Waals surface area (Å²) in [5.41, 5.74) is 0. The number of carbonyl (C=O) groups excluding carboxylic acids is 2. The standard InChI is InChI=1S/C17H26N2O3/c1-2-9-18-10-5-3-4-6-11-19-16(20)14-12-7-8-13(22-12)15(14)17(19)21/h7-8,12-15,18H,2-6,9-11H2,1H3. The molecule has 0 aromatic heterocycles. The molecule has 0 saturated carbocycles. The van der Waals surface area contributed by atoms with Gasteiger partial charge in [0.25, 0.3) is 0 Å². The third-order valence-corrected chi connectivity index (χ3v) is 4.91. The molecule has 3 aliphatic heterocycles. The Morgan fingerprint density at radius 1 is 1.00 bits per heavy atom. The summed E-state index contributed by atoms with van der Waals surface area (Å²) in [5.74, 6) is -0.533. The zero-order valence-corrected chi connectivity index (χ0v) is 13.3. The van der Waals surface area contributed by atoms with Crippen molar-refractivity contribution in [3.63, 3.8) is 0 Å². The van der Waals surface area contributed by atoms with E-state index in [2.05, 4.69) is 12.2 Å². The van der Waals surface area contributed by atoms with Crippen molar-refractivity contribution < 1.29 is 14.3 Å². The maximum atomic E-state index is 12.4. The van der Waals surface area contributed by atoms with Crippen LogP contribution in [0, 0.1) is 11.8 Å². The molecule has 0 aromatic rings. The molecule has 4 unspecified atom stereocenters. The quantitative estimate of drug-likeness (QED) is 0.398. The number of amides is 2. The summed E-state index contributed by atoms with van der Waals surface area (Å²) in [4.78, 5) is 26.3. The van der Waals surface area contributed by atoms with Crippen LogP contribution in [0.15, 0.2) is 12.2 Å². The van der Waals surface area contributed by atoms with Gasteiger partial charge in [-0.05, 0) is 32.4 Å². The lowest BCUT2D eigenvalue weighted by atomic mass is 9.85. The summed E-state index contributed by atoms with van der Waals surface area (Å²) in [6, 6.07) is 0. The van der Waals surface area contributed by atoms with Crippen LogP contribution in [0.2, 0.25) is 0 Å². The van der Waals surface area contributed by atoms with Gasteiger partial charge in [-0.25, -0.2) is 0 Å². The minimum atomic E-state index is -0.249. The van der Waals surface area contributed by atoms with Crippen molar-refractivity contribution in [1.29, 1.82) is 0 Å². The van der Waals surface area contributed by atoms with Crippen molar-refractivity contribution in [3.8, 4) is 0 Å². The fourth-order valence-electron chi connectivity index (χ4n) is 3.76. The number of hydrogen-bond donors (Lipinski definition) is 1. The first-order valence-electron chi connectivity index (χ1n) is 8.63. The van der Waals surface area contributed by atoms with E-state index in [1.165, 1.54) is 11.3 Å². The second-order valence-electron chi connectivity index (χ2n) is 6.49. The number of carbonyl (C=O) groups is 2. The zero-order valence-electron chi connectivity index (χ0n) is 13.3. The topological polar surface area (TPSA) is 58.6 Å². The van der Waals surface area contributed by atoms with E-state index in [4.69, 9.17) is 4.74 Å². The number of nitrogens with one attached hydrogen (secondary N) is 1. The van der Waals surface area contributed by atoms with Crippen LogP contribution in [-0.4, -0.2) is 48.6 Å². The van der Waals surface area contributed by atoms with Crippen LogP contribution in [0.1, 0.15) is 39.0 Å². The van der Waals surface area contributed by atoms with E-state index in [0.717, 1.165) is 38.8 Å². The molecule has 0 spiro atoms. The predicted molar refractivity (Wildman–Crippen MR) is 83.1 cm³/mol. The van der Waals surface area contributed by atoms with Gasteiger partial charge in [-0.2, -0.15) is 0 Å². The second kappa shape index (κ2) is 6.92. The molecular formula is C17H26N2O3. The maximum Gasteiger partial charge on any atom is 0.236 e. The number of imide groups is 1. The molecule has 0 radical (unpaired) electrons. The zero-order chi connectivity index (χ0) is 15.5. The molecule has 3 rings (SSSR count). The largest absolute Gasteiger partial charge is 0.365 e. The highest BCUT2D eigenvalue weighted by Gasteiger charge is 2.60. The van der Waals surface area contributed by atoms with Crippen LogP contribution in [0.5, 0.6) is 0 Å². The number of ether oxygens (including phenoxy) is 1. The van der Waals surface area contributed by atoms with Crippen LogP contribution in [-0.2, 0) is 14.3 Å². The first-order valence-corrected chi connectivity index (χ1v) is 8.63. The second-order valence-corrected chi connectivity index (χ2v) is 6.49. The lowest BCUT2D eigenvalue weighted by Crippen LogP contribution is -2.35. The van der Waals surface area contributed by atoms with Gasteiger partial charge >= 0.3 is 0 Å². The maximum absolute atomic E-state index is 12.4. The van der Waals surface area contributed by atoms with Gasteiger partial charge in [0.2, 0.25) is 11.8 Å². The summed E-state index contributed by atoms with van der Waals surface area (Å²) in [6.45, 7) is 4.88. The minimum Gasteiger partial charge on any atom is -0.365 e. The van der Waals surface area contributed by atoms with Gasteiger partial charge in [0.1, 0.15) is 0 Å². The highest BCUT2D eigenvalue weighted by Crippen LogP contribution is 2.45. The SMILES string of the molecule is CCCNCCCCCCN1C(=O)C2C3C=CC(O3)C2C1=O. The molecule has 4 atom stereocenters. The molecule has 3 heterocycles. The van der Waals surface area contributed by atoms with Crippen LogP contribution in [0.4, 0.5) is 0 Å². The van der Waals surface area contributed by atoms with Gasteiger partial charge in [-0.3, -0.25) is 14.5 Å². The number of rotatable bonds is 9. The van der Waals surface area contributed by atoms with Crippen molar-refractivity contribution >= 4 is 11.8 Å². The highest BCUT2D eigenvalue weighted by molar-refractivity contribution is 6.06.